The van der Waals surface area contributed by atoms with Crippen molar-refractivity contribution in [1.82, 2.24) is 0 Å². The van der Waals surface area contributed by atoms with Crippen LogP contribution in [-0.2, 0) is 0 Å². The molecule has 6 N–H and O–H groups in total. The van der Waals surface area contributed by atoms with Crippen LogP contribution in [0.5, 0.6) is 5.75 Å². The number of aromatic hydroxyl groups is 1. The molecule has 0 fully saturated rings. The second-order valence-corrected chi connectivity index (χ2v) is 5.84. The summed E-state index contributed by atoms with van der Waals surface area (Å²) in [5.74, 6) is -0.439. The molecule has 7 heteroatoms. The highest BCUT2D eigenvalue weighted by Crippen LogP contribution is 2.27. The first-order valence-corrected chi connectivity index (χ1v) is 7.45. The molecule has 22 heavy (non-hydrogen) atoms. The van der Waals surface area contributed by atoms with Crippen LogP contribution >= 0.6 is 22.6 Å². The topological polar surface area (TPSA) is 114 Å². The number of nitrogens with two attached hydrogens (primary N) is 2. The Balaban J connectivity index is 2.21. The van der Waals surface area contributed by atoms with Crippen molar-refractivity contribution in [2.45, 2.75) is 6.92 Å². The highest BCUT2D eigenvalue weighted by Gasteiger charge is 2.14. The van der Waals surface area contributed by atoms with E-state index in [0.29, 0.717) is 14.9 Å². The maximum Gasteiger partial charge on any atom is 0.259 e. The minimum absolute atomic E-state index is 0.0270. The largest absolute Gasteiger partial charge is 0.506 e. The third kappa shape index (κ3) is 3.88. The van der Waals surface area contributed by atoms with Gasteiger partial charge in [0.1, 0.15) is 5.75 Å². The van der Waals surface area contributed by atoms with Crippen LogP contribution in [0.2, 0.25) is 0 Å². The molecule has 2 aromatic rings. The van der Waals surface area contributed by atoms with Crippen molar-refractivity contribution in [3.05, 3.63) is 51.1 Å². The van der Waals surface area contributed by atoms with E-state index in [4.69, 9.17) is 11.5 Å². The van der Waals surface area contributed by atoms with Gasteiger partial charge < -0.3 is 21.9 Å². The molecular weight excluding hydrogens is 395 g/mol. The van der Waals surface area contributed by atoms with Gasteiger partial charge in [0.2, 0.25) is 0 Å². The van der Waals surface area contributed by atoms with Crippen molar-refractivity contribution in [3.8, 4) is 5.75 Å². The van der Waals surface area contributed by atoms with E-state index < -0.39 is 0 Å². The van der Waals surface area contributed by atoms with Crippen molar-refractivity contribution in [1.29, 1.82) is 0 Å². The van der Waals surface area contributed by atoms with Crippen LogP contribution in [0, 0.1) is 10.5 Å². The lowest BCUT2D eigenvalue weighted by atomic mass is 10.1. The Hall–Kier alpha value is -2.29. The molecule has 114 valence electrons. The zero-order valence-electron chi connectivity index (χ0n) is 11.8. The van der Waals surface area contributed by atoms with Gasteiger partial charge in [0, 0.05) is 5.69 Å². The SMILES string of the molecule is Cc1cc(I)c(O)c(C(=O)Nc2ccc(N=C(N)N)cc2)c1. The molecule has 0 saturated carbocycles. The van der Waals surface area contributed by atoms with Gasteiger partial charge in [0.15, 0.2) is 5.96 Å². The van der Waals surface area contributed by atoms with Crippen LogP contribution in [0.25, 0.3) is 0 Å². The minimum Gasteiger partial charge on any atom is -0.506 e. The minimum atomic E-state index is -0.381. The summed E-state index contributed by atoms with van der Waals surface area (Å²) in [5, 5.41) is 12.7. The van der Waals surface area contributed by atoms with Crippen LogP contribution in [0.1, 0.15) is 15.9 Å². The van der Waals surface area contributed by atoms with Gasteiger partial charge in [0.05, 0.1) is 14.8 Å². The molecule has 1 amide bonds. The summed E-state index contributed by atoms with van der Waals surface area (Å²) >= 11 is 1.99. The maximum atomic E-state index is 12.3. The lowest BCUT2D eigenvalue weighted by Crippen LogP contribution is -2.21. The number of hydrogen-bond acceptors (Lipinski definition) is 3. The molecule has 0 bridgehead atoms. The quantitative estimate of drug-likeness (QED) is 0.354. The van der Waals surface area contributed by atoms with Crippen molar-refractivity contribution in [3.63, 3.8) is 0 Å². The zero-order valence-corrected chi connectivity index (χ0v) is 14.0. The number of nitrogens with one attached hydrogen (secondary N) is 1. The van der Waals surface area contributed by atoms with Gasteiger partial charge in [-0.1, -0.05) is 0 Å². The maximum absolute atomic E-state index is 12.3. The molecule has 6 nitrogen and oxygen atoms in total. The molecule has 2 rings (SSSR count). The average molecular weight is 410 g/mol. The average Bonchev–Trinajstić information content (AvgIpc) is 2.44. The summed E-state index contributed by atoms with van der Waals surface area (Å²) in [5.41, 5.74) is 12.9. The molecule has 0 atom stereocenters. The Kier molecular flexibility index (Phi) is 4.86. The predicted molar refractivity (Wildman–Crippen MR) is 95.4 cm³/mol. The van der Waals surface area contributed by atoms with Crippen molar-refractivity contribution in [2.75, 3.05) is 5.32 Å². The van der Waals surface area contributed by atoms with E-state index in [2.05, 4.69) is 10.3 Å². The van der Waals surface area contributed by atoms with E-state index >= 15 is 0 Å². The number of hydrogen-bond donors (Lipinski definition) is 4. The fourth-order valence-corrected chi connectivity index (χ4v) is 2.66. The second-order valence-electron chi connectivity index (χ2n) is 4.68. The number of carbonyl (C=O) groups excluding carboxylic acids is 1. The van der Waals surface area contributed by atoms with Crippen LogP contribution in [0.3, 0.4) is 0 Å². The number of benzene rings is 2. The van der Waals surface area contributed by atoms with E-state index in [1.807, 2.05) is 29.5 Å². The molecule has 0 radical (unpaired) electrons. The molecule has 0 unspecified atom stereocenters. The Bertz CT molecular complexity index is 738. The molecule has 0 aliphatic carbocycles. The molecule has 0 saturated heterocycles. The number of carbonyl (C=O) groups is 1. The zero-order chi connectivity index (χ0) is 16.3. The molecule has 2 aromatic carbocycles. The standard InChI is InChI=1S/C15H15IN4O2/c1-8-6-11(13(21)12(16)7-8)14(22)19-9-2-4-10(5-3-9)20-15(17)18/h2-7,21H,1H3,(H,19,22)(H4,17,18,20). The summed E-state index contributed by atoms with van der Waals surface area (Å²) in [6.07, 6.45) is 0. The number of phenolic OH excluding ortho intramolecular Hbond substituents is 1. The van der Waals surface area contributed by atoms with Gasteiger partial charge in [-0.3, -0.25) is 4.79 Å². The lowest BCUT2D eigenvalue weighted by Gasteiger charge is -2.09. The van der Waals surface area contributed by atoms with E-state index in [0.717, 1.165) is 5.56 Å². The van der Waals surface area contributed by atoms with Gasteiger partial charge in [-0.2, -0.15) is 0 Å². The van der Waals surface area contributed by atoms with Crippen LogP contribution in [-0.4, -0.2) is 17.0 Å². The van der Waals surface area contributed by atoms with Gasteiger partial charge in [-0.05, 0) is 71.5 Å². The lowest BCUT2D eigenvalue weighted by molar-refractivity contribution is 0.102. The summed E-state index contributed by atoms with van der Waals surface area (Å²) in [4.78, 5) is 16.2. The first-order chi connectivity index (χ1) is 10.4. The summed E-state index contributed by atoms with van der Waals surface area (Å²) in [7, 11) is 0. The smallest absolute Gasteiger partial charge is 0.259 e. The second kappa shape index (κ2) is 6.65. The third-order valence-corrected chi connectivity index (χ3v) is 3.66. The van der Waals surface area contributed by atoms with E-state index in [9.17, 15) is 9.90 Å². The summed E-state index contributed by atoms with van der Waals surface area (Å²) < 4.78 is 0.630. The number of aliphatic imine (C=N–C) groups is 1. The number of halogens is 1. The molecule has 0 aromatic heterocycles. The Morgan fingerprint density at radius 1 is 1.23 bits per heavy atom. The van der Waals surface area contributed by atoms with E-state index in [1.54, 1.807) is 36.4 Å². The highest BCUT2D eigenvalue weighted by atomic mass is 127. The first-order valence-electron chi connectivity index (χ1n) is 6.37. The fourth-order valence-electron chi connectivity index (χ4n) is 1.87. The van der Waals surface area contributed by atoms with Gasteiger partial charge in [-0.15, -0.1) is 0 Å². The van der Waals surface area contributed by atoms with Crippen molar-refractivity contribution < 1.29 is 9.90 Å². The Morgan fingerprint density at radius 3 is 2.45 bits per heavy atom. The number of guanidine groups is 1. The Labute approximate surface area is 141 Å². The number of aryl methyl sites for hydroxylation is 1. The number of amides is 1. The van der Waals surface area contributed by atoms with Crippen molar-refractivity contribution in [2.24, 2.45) is 16.5 Å². The molecule has 0 aliphatic heterocycles. The molecule has 0 heterocycles. The van der Waals surface area contributed by atoms with Crippen LogP contribution < -0.4 is 16.8 Å². The normalized spacial score (nSPS) is 10.1. The summed E-state index contributed by atoms with van der Waals surface area (Å²) in [6, 6.07) is 10.1. The van der Waals surface area contributed by atoms with E-state index in [-0.39, 0.29) is 23.2 Å². The van der Waals surface area contributed by atoms with Gasteiger partial charge in [0.25, 0.3) is 5.91 Å². The van der Waals surface area contributed by atoms with Crippen LogP contribution in [0.4, 0.5) is 11.4 Å². The number of rotatable bonds is 3. The predicted octanol–water partition coefficient (Wildman–Crippen LogP) is 2.46. The fraction of sp³-hybridized carbons (Fsp3) is 0.0667. The first kappa shape index (κ1) is 16.1. The summed E-state index contributed by atoms with van der Waals surface area (Å²) in [6.45, 7) is 1.86. The molecule has 0 spiro atoms. The Morgan fingerprint density at radius 2 is 1.86 bits per heavy atom. The molecular formula is C15H15IN4O2. The van der Waals surface area contributed by atoms with Gasteiger partial charge >= 0.3 is 0 Å². The monoisotopic (exact) mass is 410 g/mol. The van der Waals surface area contributed by atoms with E-state index in [1.165, 1.54) is 0 Å². The number of anilines is 1. The molecule has 0 aliphatic rings. The van der Waals surface area contributed by atoms with Crippen molar-refractivity contribution >= 4 is 45.8 Å². The number of phenols is 1. The van der Waals surface area contributed by atoms with Crippen LogP contribution in [0.15, 0.2) is 41.4 Å². The third-order valence-electron chi connectivity index (χ3n) is 2.84. The highest BCUT2D eigenvalue weighted by molar-refractivity contribution is 14.1. The number of nitrogens with zero attached hydrogens (tertiary/aromatic N) is 1. The van der Waals surface area contributed by atoms with Gasteiger partial charge in [-0.25, -0.2) is 4.99 Å².